The van der Waals surface area contributed by atoms with Crippen LogP contribution in [-0.2, 0) is 14.3 Å². The number of aliphatic carboxylic acids is 1. The fourth-order valence-electron chi connectivity index (χ4n) is 3.25. The summed E-state index contributed by atoms with van der Waals surface area (Å²) in [5.41, 5.74) is 0.548. The van der Waals surface area contributed by atoms with Crippen LogP contribution in [0.3, 0.4) is 0 Å². The van der Waals surface area contributed by atoms with Crippen LogP contribution in [0.15, 0.2) is 24.3 Å². The molecule has 2 saturated heterocycles. The molecule has 0 aliphatic carbocycles. The highest BCUT2D eigenvalue weighted by atomic mass is 16.5. The quantitative estimate of drug-likeness (QED) is 0.770. The van der Waals surface area contributed by atoms with Gasteiger partial charge < -0.3 is 20.3 Å². The van der Waals surface area contributed by atoms with Crippen LogP contribution < -0.4 is 5.32 Å². The molecule has 3 N–H and O–H groups in total. The summed E-state index contributed by atoms with van der Waals surface area (Å²) in [5, 5.41) is 20.8. The minimum absolute atomic E-state index is 0.115. The van der Waals surface area contributed by atoms with Crippen molar-refractivity contribution >= 4 is 23.5 Å². The number of carboxylic acids is 2. The van der Waals surface area contributed by atoms with Crippen LogP contribution >= 0.6 is 0 Å². The molecule has 2 aliphatic rings. The van der Waals surface area contributed by atoms with Crippen molar-refractivity contribution in [1.82, 2.24) is 0 Å². The fourth-order valence-corrected chi connectivity index (χ4v) is 3.25. The average Bonchev–Trinajstić information content (AvgIpc) is 3.08. The number of hydrogen-bond acceptors (Lipinski definition) is 4. The lowest BCUT2D eigenvalue weighted by Gasteiger charge is -2.23. The number of rotatable bonds is 4. The Balaban J connectivity index is 1.73. The number of carbonyl (C=O) groups excluding carboxylic acids is 1. The maximum absolute atomic E-state index is 12.4. The Morgan fingerprint density at radius 3 is 2.14 bits per heavy atom. The van der Waals surface area contributed by atoms with Gasteiger partial charge in [0.15, 0.2) is 0 Å². The van der Waals surface area contributed by atoms with E-state index < -0.39 is 35.8 Å². The van der Waals surface area contributed by atoms with Gasteiger partial charge in [0, 0.05) is 5.69 Å². The SMILES string of the molecule is O=C(O)c1ccc(NC(=O)[C@@H]2[C@@H](C(=O)O)[C@H]3CC[C@@H]2O3)cc1. The first-order valence-electron chi connectivity index (χ1n) is 7.00. The van der Waals surface area contributed by atoms with Gasteiger partial charge in [-0.05, 0) is 37.1 Å². The first kappa shape index (κ1) is 14.5. The normalized spacial score (nSPS) is 29.3. The van der Waals surface area contributed by atoms with Crippen molar-refractivity contribution in [1.29, 1.82) is 0 Å². The maximum Gasteiger partial charge on any atom is 0.335 e. The smallest absolute Gasteiger partial charge is 0.335 e. The van der Waals surface area contributed by atoms with E-state index in [0.717, 1.165) is 0 Å². The van der Waals surface area contributed by atoms with E-state index in [1.165, 1.54) is 24.3 Å². The molecule has 0 unspecified atom stereocenters. The third-order valence-corrected chi connectivity index (χ3v) is 4.26. The number of carbonyl (C=O) groups is 3. The molecular weight excluding hydrogens is 290 g/mol. The molecule has 7 nitrogen and oxygen atoms in total. The molecule has 1 aromatic rings. The summed E-state index contributed by atoms with van der Waals surface area (Å²) in [6.07, 6.45) is 0.598. The third kappa shape index (κ3) is 2.43. The summed E-state index contributed by atoms with van der Waals surface area (Å²) in [7, 11) is 0. The van der Waals surface area contributed by atoms with Crippen molar-refractivity contribution in [3.05, 3.63) is 29.8 Å². The zero-order chi connectivity index (χ0) is 15.9. The van der Waals surface area contributed by atoms with Gasteiger partial charge in [-0.1, -0.05) is 0 Å². The highest BCUT2D eigenvalue weighted by Gasteiger charge is 2.55. The average molecular weight is 305 g/mol. The molecule has 1 aromatic carbocycles. The lowest BCUT2D eigenvalue weighted by Crippen LogP contribution is -2.40. The van der Waals surface area contributed by atoms with E-state index in [1.54, 1.807) is 0 Å². The molecule has 2 aliphatic heterocycles. The number of aromatic carboxylic acids is 1. The molecule has 2 heterocycles. The van der Waals surface area contributed by atoms with Crippen molar-refractivity contribution in [3.8, 4) is 0 Å². The van der Waals surface area contributed by atoms with E-state index in [-0.39, 0.29) is 11.7 Å². The molecule has 1 amide bonds. The predicted octanol–water partition coefficient (Wildman–Crippen LogP) is 1.20. The van der Waals surface area contributed by atoms with Crippen LogP contribution in [0.1, 0.15) is 23.2 Å². The highest BCUT2D eigenvalue weighted by Crippen LogP contribution is 2.44. The molecule has 3 rings (SSSR count). The number of hydrogen-bond donors (Lipinski definition) is 3. The van der Waals surface area contributed by atoms with Crippen molar-refractivity contribution in [2.45, 2.75) is 25.0 Å². The van der Waals surface area contributed by atoms with Crippen LogP contribution in [0.25, 0.3) is 0 Å². The van der Waals surface area contributed by atoms with Gasteiger partial charge in [-0.15, -0.1) is 0 Å². The first-order chi connectivity index (χ1) is 10.5. The summed E-state index contributed by atoms with van der Waals surface area (Å²) in [6.45, 7) is 0. The molecule has 2 fully saturated rings. The molecule has 0 spiro atoms. The fraction of sp³-hybridized carbons (Fsp3) is 0.400. The second-order valence-electron chi connectivity index (χ2n) is 5.55. The van der Waals surface area contributed by atoms with Crippen LogP contribution in [0.2, 0.25) is 0 Å². The van der Waals surface area contributed by atoms with Crippen molar-refractivity contribution < 1.29 is 29.3 Å². The zero-order valence-corrected chi connectivity index (χ0v) is 11.6. The molecule has 22 heavy (non-hydrogen) atoms. The molecule has 7 heteroatoms. The van der Waals surface area contributed by atoms with Crippen LogP contribution in [-0.4, -0.2) is 40.3 Å². The second kappa shape index (κ2) is 5.42. The Morgan fingerprint density at radius 2 is 1.59 bits per heavy atom. The first-order valence-corrected chi connectivity index (χ1v) is 7.00. The Labute approximate surface area is 125 Å². The highest BCUT2D eigenvalue weighted by molar-refractivity contribution is 5.96. The lowest BCUT2D eigenvalue weighted by molar-refractivity contribution is -0.147. The molecule has 116 valence electrons. The molecule has 2 bridgehead atoms. The maximum atomic E-state index is 12.4. The van der Waals surface area contributed by atoms with Gasteiger partial charge in [0.1, 0.15) is 0 Å². The monoisotopic (exact) mass is 305 g/mol. The number of carboxylic acid groups (broad SMARTS) is 2. The van der Waals surface area contributed by atoms with E-state index in [4.69, 9.17) is 9.84 Å². The van der Waals surface area contributed by atoms with Gasteiger partial charge in [0.2, 0.25) is 5.91 Å². The summed E-state index contributed by atoms with van der Waals surface area (Å²) in [6, 6.07) is 5.71. The van der Waals surface area contributed by atoms with Gasteiger partial charge in [-0.3, -0.25) is 9.59 Å². The van der Waals surface area contributed by atoms with E-state index in [0.29, 0.717) is 18.5 Å². The van der Waals surface area contributed by atoms with E-state index in [9.17, 15) is 19.5 Å². The van der Waals surface area contributed by atoms with Crippen molar-refractivity contribution in [2.24, 2.45) is 11.8 Å². The standard InChI is InChI=1S/C15H15NO6/c17-13(16-8-3-1-7(2-4-8)14(18)19)11-9-5-6-10(22-9)12(11)15(20)21/h1-4,9-12H,5-6H2,(H,16,17)(H,18,19)(H,20,21)/t9-,10+,11-,12-/m0/s1. The zero-order valence-electron chi connectivity index (χ0n) is 11.6. The minimum Gasteiger partial charge on any atom is -0.481 e. The van der Waals surface area contributed by atoms with Gasteiger partial charge in [-0.2, -0.15) is 0 Å². The summed E-state index contributed by atoms with van der Waals surface area (Å²) < 4.78 is 5.55. The Bertz CT molecular complexity index is 625. The number of nitrogens with one attached hydrogen (secondary N) is 1. The summed E-state index contributed by atoms with van der Waals surface area (Å²) in [4.78, 5) is 34.5. The largest absolute Gasteiger partial charge is 0.481 e. The van der Waals surface area contributed by atoms with Crippen LogP contribution in [0.5, 0.6) is 0 Å². The number of amides is 1. The molecule has 4 atom stereocenters. The Kier molecular flexibility index (Phi) is 3.58. The molecule has 0 aromatic heterocycles. The van der Waals surface area contributed by atoms with Crippen LogP contribution in [0.4, 0.5) is 5.69 Å². The molecular formula is C15H15NO6. The predicted molar refractivity (Wildman–Crippen MR) is 74.5 cm³/mol. The topological polar surface area (TPSA) is 113 Å². The number of fused-ring (bicyclic) bond motifs is 2. The van der Waals surface area contributed by atoms with Gasteiger partial charge in [-0.25, -0.2) is 4.79 Å². The summed E-state index contributed by atoms with van der Waals surface area (Å²) >= 11 is 0. The molecule has 0 saturated carbocycles. The molecule has 0 radical (unpaired) electrons. The Morgan fingerprint density at radius 1 is 1.00 bits per heavy atom. The van der Waals surface area contributed by atoms with Gasteiger partial charge >= 0.3 is 11.9 Å². The number of benzene rings is 1. The lowest BCUT2D eigenvalue weighted by atomic mass is 9.78. The number of ether oxygens (including phenoxy) is 1. The van der Waals surface area contributed by atoms with Gasteiger partial charge in [0.05, 0.1) is 29.6 Å². The van der Waals surface area contributed by atoms with Crippen molar-refractivity contribution in [2.75, 3.05) is 5.32 Å². The van der Waals surface area contributed by atoms with E-state index >= 15 is 0 Å². The minimum atomic E-state index is -1.05. The van der Waals surface area contributed by atoms with Crippen LogP contribution in [0, 0.1) is 11.8 Å². The second-order valence-corrected chi connectivity index (χ2v) is 5.55. The van der Waals surface area contributed by atoms with Gasteiger partial charge in [0.25, 0.3) is 0 Å². The summed E-state index contributed by atoms with van der Waals surface area (Å²) in [5.74, 6) is -4.01. The number of anilines is 1. The van der Waals surface area contributed by atoms with E-state index in [1.807, 2.05) is 0 Å². The Hall–Kier alpha value is -2.41. The van der Waals surface area contributed by atoms with E-state index in [2.05, 4.69) is 5.32 Å². The van der Waals surface area contributed by atoms with Crippen molar-refractivity contribution in [3.63, 3.8) is 0 Å². The third-order valence-electron chi connectivity index (χ3n) is 4.26.